The summed E-state index contributed by atoms with van der Waals surface area (Å²) in [6.45, 7) is 0. The van der Waals surface area contributed by atoms with Crippen molar-refractivity contribution in [1.82, 2.24) is 10.3 Å². The fourth-order valence-electron chi connectivity index (χ4n) is 4.22. The number of phenols is 1. The maximum Gasteiger partial charge on any atom is 0.216 e. The number of nitrogens with zero attached hydrogens (tertiary/aromatic N) is 1. The van der Waals surface area contributed by atoms with E-state index in [-0.39, 0.29) is 11.8 Å². The molecule has 4 heteroatoms. The Labute approximate surface area is 193 Å². The van der Waals surface area contributed by atoms with Gasteiger partial charge < -0.3 is 14.8 Å². The largest absolute Gasteiger partial charge is 0.508 e. The van der Waals surface area contributed by atoms with E-state index in [2.05, 4.69) is 47.8 Å². The van der Waals surface area contributed by atoms with Crippen molar-refractivity contribution in [3.63, 3.8) is 0 Å². The zero-order chi connectivity index (χ0) is 22.6. The summed E-state index contributed by atoms with van der Waals surface area (Å²) in [5.41, 5.74) is 7.08. The minimum atomic E-state index is -0.275. The van der Waals surface area contributed by atoms with Gasteiger partial charge in [-0.05, 0) is 47.0 Å². The van der Waals surface area contributed by atoms with Gasteiger partial charge in [0, 0.05) is 5.56 Å². The van der Waals surface area contributed by atoms with Gasteiger partial charge in [-0.15, -0.1) is 0 Å². The third kappa shape index (κ3) is 4.16. The van der Waals surface area contributed by atoms with Crippen molar-refractivity contribution in [2.75, 3.05) is 7.05 Å². The zero-order valence-electron chi connectivity index (χ0n) is 18.3. The zero-order valence-corrected chi connectivity index (χ0v) is 18.3. The van der Waals surface area contributed by atoms with Crippen LogP contribution in [0.5, 0.6) is 5.75 Å². The van der Waals surface area contributed by atoms with E-state index in [1.165, 1.54) is 0 Å². The first-order valence-corrected chi connectivity index (χ1v) is 10.9. The molecule has 0 fully saturated rings. The molecule has 0 radical (unpaired) electrons. The van der Waals surface area contributed by atoms with Crippen LogP contribution in [0.15, 0.2) is 114 Å². The van der Waals surface area contributed by atoms with Crippen LogP contribution in [-0.2, 0) is 0 Å². The molecular formula is C29H24N2O2. The summed E-state index contributed by atoms with van der Waals surface area (Å²) in [7, 11) is 1.92. The van der Waals surface area contributed by atoms with E-state index in [9.17, 15) is 5.11 Å². The molecule has 0 saturated carbocycles. The lowest BCUT2D eigenvalue weighted by Gasteiger charge is -2.22. The maximum atomic E-state index is 9.87. The normalized spacial score (nSPS) is 11.9. The number of benzene rings is 4. The van der Waals surface area contributed by atoms with Gasteiger partial charge >= 0.3 is 0 Å². The summed E-state index contributed by atoms with van der Waals surface area (Å²) in [6, 6.07) is 33.8. The second-order valence-electron chi connectivity index (χ2n) is 7.84. The molecular weight excluding hydrogens is 408 g/mol. The lowest BCUT2D eigenvalue weighted by atomic mass is 9.87. The van der Waals surface area contributed by atoms with Gasteiger partial charge in [-0.1, -0.05) is 91.0 Å². The summed E-state index contributed by atoms with van der Waals surface area (Å²) < 4.78 is 5.99. The highest BCUT2D eigenvalue weighted by molar-refractivity contribution is 5.80. The Morgan fingerprint density at radius 3 is 1.88 bits per heavy atom. The number of nitrogens with one attached hydrogen (secondary N) is 1. The van der Waals surface area contributed by atoms with Gasteiger partial charge in [-0.3, -0.25) is 0 Å². The molecule has 0 amide bonds. The van der Waals surface area contributed by atoms with Crippen molar-refractivity contribution < 1.29 is 9.52 Å². The molecule has 4 aromatic carbocycles. The van der Waals surface area contributed by atoms with Gasteiger partial charge in [0.05, 0.1) is 0 Å². The highest BCUT2D eigenvalue weighted by atomic mass is 16.3. The summed E-state index contributed by atoms with van der Waals surface area (Å²) in [5.74, 6) is 0.763. The summed E-state index contributed by atoms with van der Waals surface area (Å²) in [6.07, 6.45) is 1.64. The average Bonchev–Trinajstić information content (AvgIpc) is 3.36. The first-order chi connectivity index (χ1) is 16.2. The molecule has 162 valence electrons. The van der Waals surface area contributed by atoms with E-state index in [4.69, 9.17) is 9.40 Å². The molecule has 33 heavy (non-hydrogen) atoms. The van der Waals surface area contributed by atoms with Gasteiger partial charge in [-0.25, -0.2) is 4.98 Å². The molecule has 0 aliphatic rings. The average molecular weight is 433 g/mol. The number of hydrogen-bond acceptors (Lipinski definition) is 4. The van der Waals surface area contributed by atoms with E-state index in [1.807, 2.05) is 49.5 Å². The lowest BCUT2D eigenvalue weighted by molar-refractivity contribution is 0.448. The molecule has 2 N–H and O–H groups in total. The second kappa shape index (κ2) is 9.15. The van der Waals surface area contributed by atoms with Crippen molar-refractivity contribution >= 4 is 0 Å². The smallest absolute Gasteiger partial charge is 0.216 e. The first-order valence-electron chi connectivity index (χ1n) is 10.9. The Morgan fingerprint density at radius 1 is 0.727 bits per heavy atom. The molecule has 0 aliphatic carbocycles. The Kier molecular flexibility index (Phi) is 5.75. The molecule has 1 unspecified atom stereocenters. The van der Waals surface area contributed by atoms with Crippen LogP contribution in [0.1, 0.15) is 17.5 Å². The predicted octanol–water partition coefficient (Wildman–Crippen LogP) is 6.69. The second-order valence-corrected chi connectivity index (χ2v) is 7.84. The summed E-state index contributed by atoms with van der Waals surface area (Å²) in [5, 5.41) is 13.3. The van der Waals surface area contributed by atoms with Gasteiger partial charge in [0.15, 0.2) is 0 Å². The highest BCUT2D eigenvalue weighted by Crippen LogP contribution is 2.39. The van der Waals surface area contributed by atoms with E-state index >= 15 is 0 Å². The van der Waals surface area contributed by atoms with Crippen molar-refractivity contribution in [2.45, 2.75) is 6.04 Å². The molecule has 0 aliphatic heterocycles. The number of phenolic OH excluding ortho intramolecular Hbond substituents is 1. The molecule has 0 spiro atoms. The fraction of sp³-hybridized carbons (Fsp3) is 0.0690. The molecule has 1 aromatic heterocycles. The number of hydrogen-bond donors (Lipinski definition) is 2. The standard InChI is InChI=1S/C29H24N2O2/c1-30-28(29-31-26(19-33-29)22-14-8-15-23(32)18-22)27-24(20-10-4-2-5-11-20)16-9-17-25(27)21-12-6-3-7-13-21/h2-19,28,30,32H,1H3. The maximum absolute atomic E-state index is 9.87. The van der Waals surface area contributed by atoms with Crippen LogP contribution in [0.2, 0.25) is 0 Å². The number of rotatable bonds is 6. The Bertz CT molecular complexity index is 1300. The Morgan fingerprint density at radius 2 is 1.30 bits per heavy atom. The van der Waals surface area contributed by atoms with E-state index in [0.717, 1.165) is 33.4 Å². The van der Waals surface area contributed by atoms with Gasteiger partial charge in [0.2, 0.25) is 5.89 Å². The summed E-state index contributed by atoms with van der Waals surface area (Å²) >= 11 is 0. The third-order valence-corrected chi connectivity index (χ3v) is 5.76. The quantitative estimate of drug-likeness (QED) is 0.314. The molecule has 1 atom stereocenters. The van der Waals surface area contributed by atoms with Gasteiger partial charge in [-0.2, -0.15) is 0 Å². The highest BCUT2D eigenvalue weighted by Gasteiger charge is 2.25. The van der Waals surface area contributed by atoms with Crippen LogP contribution in [0.4, 0.5) is 0 Å². The summed E-state index contributed by atoms with van der Waals surface area (Å²) in [4.78, 5) is 4.80. The van der Waals surface area contributed by atoms with Crippen LogP contribution in [-0.4, -0.2) is 17.1 Å². The lowest BCUT2D eigenvalue weighted by Crippen LogP contribution is -2.20. The molecule has 5 rings (SSSR count). The van der Waals surface area contributed by atoms with Gasteiger partial charge in [0.1, 0.15) is 23.7 Å². The molecule has 1 heterocycles. The number of aromatic nitrogens is 1. The Balaban J connectivity index is 1.68. The van der Waals surface area contributed by atoms with Crippen LogP contribution < -0.4 is 5.32 Å². The van der Waals surface area contributed by atoms with Crippen LogP contribution in [0, 0.1) is 0 Å². The van der Waals surface area contributed by atoms with Crippen LogP contribution in [0.3, 0.4) is 0 Å². The third-order valence-electron chi connectivity index (χ3n) is 5.76. The van der Waals surface area contributed by atoms with Gasteiger partial charge in [0.25, 0.3) is 0 Å². The Hall–Kier alpha value is -4.15. The van der Waals surface area contributed by atoms with E-state index in [0.29, 0.717) is 11.6 Å². The SMILES string of the molecule is CNC(c1nc(-c2cccc(O)c2)co1)c1c(-c2ccccc2)cccc1-c1ccccc1. The minimum absolute atomic E-state index is 0.197. The van der Waals surface area contributed by atoms with Crippen LogP contribution >= 0.6 is 0 Å². The molecule has 4 nitrogen and oxygen atoms in total. The van der Waals surface area contributed by atoms with Crippen molar-refractivity contribution in [3.05, 3.63) is 121 Å². The number of oxazole rings is 1. The first kappa shape index (κ1) is 20.7. The molecule has 0 bridgehead atoms. The molecule has 0 saturated heterocycles. The molecule has 5 aromatic rings. The van der Waals surface area contributed by atoms with Crippen LogP contribution in [0.25, 0.3) is 33.5 Å². The van der Waals surface area contributed by atoms with E-state index in [1.54, 1.807) is 24.5 Å². The van der Waals surface area contributed by atoms with Crippen molar-refractivity contribution in [1.29, 1.82) is 0 Å². The topological polar surface area (TPSA) is 58.3 Å². The fourth-order valence-corrected chi connectivity index (χ4v) is 4.22. The van der Waals surface area contributed by atoms with Crippen molar-refractivity contribution in [3.8, 4) is 39.3 Å². The predicted molar refractivity (Wildman–Crippen MR) is 132 cm³/mol. The monoisotopic (exact) mass is 432 g/mol. The van der Waals surface area contributed by atoms with E-state index < -0.39 is 0 Å². The number of aromatic hydroxyl groups is 1. The van der Waals surface area contributed by atoms with Crippen molar-refractivity contribution in [2.24, 2.45) is 0 Å². The minimum Gasteiger partial charge on any atom is -0.508 e.